The van der Waals surface area contributed by atoms with Crippen molar-refractivity contribution >= 4 is 5.78 Å². The number of hydrogen-bond donors (Lipinski definition) is 1. The van der Waals surface area contributed by atoms with Crippen LogP contribution in [0, 0.1) is 11.8 Å². The van der Waals surface area contributed by atoms with Gasteiger partial charge in [0.05, 0.1) is 6.61 Å². The van der Waals surface area contributed by atoms with Crippen LogP contribution in [-0.2, 0) is 16.1 Å². The molecule has 0 aromatic heterocycles. The van der Waals surface area contributed by atoms with E-state index in [1.54, 1.807) is 0 Å². The van der Waals surface area contributed by atoms with Gasteiger partial charge in [0.15, 0.2) is 0 Å². The lowest BCUT2D eigenvalue weighted by Gasteiger charge is -2.39. The average Bonchev–Trinajstić information content (AvgIpc) is 2.60. The molecule has 4 atom stereocenters. The largest absolute Gasteiger partial charge is 0.377 e. The highest BCUT2D eigenvalue weighted by Gasteiger charge is 2.39. The van der Waals surface area contributed by atoms with Crippen LogP contribution in [-0.4, -0.2) is 24.5 Å². The van der Waals surface area contributed by atoms with Crippen molar-refractivity contribution in [3.8, 4) is 0 Å². The van der Waals surface area contributed by atoms with Gasteiger partial charge < -0.3 is 10.1 Å². The molecule has 1 fully saturated rings. The van der Waals surface area contributed by atoms with Gasteiger partial charge in [-0.15, -0.1) is 0 Å². The number of carbonyl (C=O) groups excluding carboxylic acids is 1. The zero-order chi connectivity index (χ0) is 17.4. The third-order valence-corrected chi connectivity index (χ3v) is 4.94. The van der Waals surface area contributed by atoms with Crippen LogP contribution in [0.1, 0.15) is 45.6 Å². The Labute approximate surface area is 146 Å². The van der Waals surface area contributed by atoms with E-state index >= 15 is 0 Å². The number of Topliss-reactive ketones (excluding diaryl/α,β-unsaturated/α-hetero) is 1. The molecular formula is C21H31NO2. The van der Waals surface area contributed by atoms with E-state index in [0.29, 0.717) is 19.0 Å². The molecule has 1 aromatic rings. The minimum atomic E-state index is 0.0587. The highest BCUT2D eigenvalue weighted by atomic mass is 16.5. The fraction of sp³-hybridized carbons (Fsp3) is 0.571. The quantitative estimate of drug-likeness (QED) is 0.575. The summed E-state index contributed by atoms with van der Waals surface area (Å²) in [6.07, 6.45) is 7.06. The molecular weight excluding hydrogens is 298 g/mol. The van der Waals surface area contributed by atoms with Crippen LogP contribution in [0.25, 0.3) is 0 Å². The Balaban J connectivity index is 1.86. The van der Waals surface area contributed by atoms with Crippen LogP contribution in [0.15, 0.2) is 42.5 Å². The Hall–Kier alpha value is -1.45. The number of allylic oxidation sites excluding steroid dienone is 1. The van der Waals surface area contributed by atoms with Gasteiger partial charge in [-0.3, -0.25) is 4.79 Å². The molecule has 0 saturated carbocycles. The van der Waals surface area contributed by atoms with Crippen molar-refractivity contribution in [1.82, 2.24) is 5.32 Å². The second kappa shape index (κ2) is 9.75. The van der Waals surface area contributed by atoms with Gasteiger partial charge in [-0.1, -0.05) is 62.8 Å². The van der Waals surface area contributed by atoms with Gasteiger partial charge in [0.2, 0.25) is 0 Å². The fourth-order valence-electron chi connectivity index (χ4n) is 3.56. The molecule has 2 rings (SSSR count). The van der Waals surface area contributed by atoms with E-state index in [1.165, 1.54) is 5.56 Å². The fourth-order valence-corrected chi connectivity index (χ4v) is 3.56. The van der Waals surface area contributed by atoms with Crippen LogP contribution in [0.3, 0.4) is 0 Å². The number of ketones is 1. The third-order valence-electron chi connectivity index (χ3n) is 4.94. The van der Waals surface area contributed by atoms with E-state index < -0.39 is 0 Å². The van der Waals surface area contributed by atoms with Gasteiger partial charge in [0.1, 0.15) is 5.78 Å². The van der Waals surface area contributed by atoms with Crippen LogP contribution < -0.4 is 5.32 Å². The first kappa shape index (κ1) is 18.9. The van der Waals surface area contributed by atoms with Crippen molar-refractivity contribution < 1.29 is 9.53 Å². The van der Waals surface area contributed by atoms with E-state index in [1.807, 2.05) is 31.2 Å². The lowest BCUT2D eigenvalue weighted by Crippen LogP contribution is -2.56. The third kappa shape index (κ3) is 5.02. The highest BCUT2D eigenvalue weighted by molar-refractivity contribution is 5.85. The molecule has 0 amide bonds. The van der Waals surface area contributed by atoms with Gasteiger partial charge in [-0.05, 0) is 25.3 Å². The van der Waals surface area contributed by atoms with Crippen LogP contribution in [0.4, 0.5) is 0 Å². The molecule has 0 radical (unpaired) electrons. The summed E-state index contributed by atoms with van der Waals surface area (Å²) < 4.78 is 5.81. The van der Waals surface area contributed by atoms with Crippen molar-refractivity contribution in [2.24, 2.45) is 11.8 Å². The molecule has 3 heteroatoms. The minimum Gasteiger partial charge on any atom is -0.377 e. The first-order valence-electron chi connectivity index (χ1n) is 9.21. The summed E-state index contributed by atoms with van der Waals surface area (Å²) in [5.74, 6) is 0.581. The SMILES string of the molecule is C/C=C/[C@@H]1N[C@H](CCOCc2ccccc2)[C@H](C)C(=O)[C@H]1CCC. The average molecular weight is 329 g/mol. The lowest BCUT2D eigenvalue weighted by molar-refractivity contribution is -0.131. The number of hydrogen-bond acceptors (Lipinski definition) is 3. The first-order valence-corrected chi connectivity index (χ1v) is 9.21. The summed E-state index contributed by atoms with van der Waals surface area (Å²) in [5.41, 5.74) is 1.19. The van der Waals surface area contributed by atoms with Gasteiger partial charge in [0, 0.05) is 30.5 Å². The van der Waals surface area contributed by atoms with Crippen LogP contribution >= 0.6 is 0 Å². The van der Waals surface area contributed by atoms with Crippen molar-refractivity contribution in [2.45, 2.75) is 58.7 Å². The maximum atomic E-state index is 12.8. The summed E-state index contributed by atoms with van der Waals surface area (Å²) in [5, 5.41) is 3.68. The van der Waals surface area contributed by atoms with Gasteiger partial charge in [-0.25, -0.2) is 0 Å². The maximum Gasteiger partial charge on any atom is 0.142 e. The molecule has 24 heavy (non-hydrogen) atoms. The molecule has 0 spiro atoms. The van der Waals surface area contributed by atoms with Crippen molar-refractivity contribution in [3.63, 3.8) is 0 Å². The predicted molar refractivity (Wildman–Crippen MR) is 98.8 cm³/mol. The van der Waals surface area contributed by atoms with Gasteiger partial charge >= 0.3 is 0 Å². The molecule has 1 aromatic carbocycles. The normalized spacial score (nSPS) is 27.7. The van der Waals surface area contributed by atoms with Crippen LogP contribution in [0.5, 0.6) is 0 Å². The molecule has 132 valence electrons. The molecule has 0 bridgehead atoms. The Bertz CT molecular complexity index is 526. The molecule has 1 aliphatic rings. The summed E-state index contributed by atoms with van der Waals surface area (Å²) in [4.78, 5) is 12.8. The summed E-state index contributed by atoms with van der Waals surface area (Å²) in [6, 6.07) is 10.6. The Morgan fingerprint density at radius 3 is 2.62 bits per heavy atom. The van der Waals surface area contributed by atoms with E-state index in [0.717, 1.165) is 19.3 Å². The van der Waals surface area contributed by atoms with Gasteiger partial charge in [0.25, 0.3) is 0 Å². The standard InChI is InChI=1S/C21H31NO2/c1-4-9-18-20(10-5-2)22-19(16(3)21(18)23)13-14-24-15-17-11-7-6-8-12-17/h5-8,10-12,16,18-20,22H,4,9,13-15H2,1-3H3/b10-5+/t16-,18-,19+,20-/m0/s1. The molecule has 1 aliphatic heterocycles. The van der Waals surface area contributed by atoms with E-state index in [2.05, 4.69) is 37.4 Å². The number of carbonyl (C=O) groups is 1. The van der Waals surface area contributed by atoms with Gasteiger partial charge in [-0.2, -0.15) is 0 Å². The molecule has 3 nitrogen and oxygen atoms in total. The van der Waals surface area contributed by atoms with E-state index in [-0.39, 0.29) is 23.9 Å². The Morgan fingerprint density at radius 1 is 1.21 bits per heavy atom. The topological polar surface area (TPSA) is 38.3 Å². The molecule has 0 unspecified atom stereocenters. The second-order valence-electron chi connectivity index (χ2n) is 6.74. The van der Waals surface area contributed by atoms with E-state index in [9.17, 15) is 4.79 Å². The molecule has 1 N–H and O–H groups in total. The monoisotopic (exact) mass is 329 g/mol. The minimum absolute atomic E-state index is 0.0587. The van der Waals surface area contributed by atoms with Crippen molar-refractivity contribution in [2.75, 3.05) is 6.61 Å². The highest BCUT2D eigenvalue weighted by Crippen LogP contribution is 2.27. The summed E-state index contributed by atoms with van der Waals surface area (Å²) in [7, 11) is 0. The second-order valence-corrected chi connectivity index (χ2v) is 6.74. The predicted octanol–water partition coefficient (Wildman–Crippen LogP) is 4.13. The summed E-state index contributed by atoms with van der Waals surface area (Å²) in [6.45, 7) is 7.53. The molecule has 1 heterocycles. The zero-order valence-electron chi connectivity index (χ0n) is 15.2. The smallest absolute Gasteiger partial charge is 0.142 e. The molecule has 0 aliphatic carbocycles. The number of rotatable bonds is 8. The first-order chi connectivity index (χ1) is 11.7. The van der Waals surface area contributed by atoms with Crippen LogP contribution in [0.2, 0.25) is 0 Å². The summed E-state index contributed by atoms with van der Waals surface area (Å²) >= 11 is 0. The Morgan fingerprint density at radius 2 is 1.96 bits per heavy atom. The number of nitrogens with one attached hydrogen (secondary N) is 1. The Kier molecular flexibility index (Phi) is 7.67. The zero-order valence-corrected chi connectivity index (χ0v) is 15.2. The number of piperidine rings is 1. The maximum absolute atomic E-state index is 12.8. The number of ether oxygens (including phenoxy) is 1. The molecule has 1 saturated heterocycles. The van der Waals surface area contributed by atoms with E-state index in [4.69, 9.17) is 4.74 Å². The van der Waals surface area contributed by atoms with Crippen molar-refractivity contribution in [1.29, 1.82) is 0 Å². The lowest BCUT2D eigenvalue weighted by atomic mass is 9.76. The number of benzene rings is 1. The van der Waals surface area contributed by atoms with Crippen molar-refractivity contribution in [3.05, 3.63) is 48.0 Å².